The molecule has 3 heteroatoms. The number of rotatable bonds is 7. The first kappa shape index (κ1) is 15.0. The van der Waals surface area contributed by atoms with Gasteiger partial charge in [-0.3, -0.25) is 4.79 Å². The number of nitrogens with zero attached hydrogens (tertiary/aromatic N) is 1. The second kappa shape index (κ2) is 8.05. The third kappa shape index (κ3) is 5.33. The molecule has 1 heterocycles. The van der Waals surface area contributed by atoms with E-state index in [-0.39, 0.29) is 0 Å². The van der Waals surface area contributed by atoms with Gasteiger partial charge in [0.05, 0.1) is 0 Å². The Balaban J connectivity index is 1.62. The molecule has 1 aromatic carbocycles. The fraction of sp³-hybridized carbons (Fsp3) is 0.588. The van der Waals surface area contributed by atoms with Crippen LogP contribution in [-0.4, -0.2) is 35.6 Å². The number of carboxylic acid groups (broad SMARTS) is 1. The summed E-state index contributed by atoms with van der Waals surface area (Å²) in [5, 5.41) is 8.87. The topological polar surface area (TPSA) is 40.5 Å². The highest BCUT2D eigenvalue weighted by Gasteiger charge is 2.21. The summed E-state index contributed by atoms with van der Waals surface area (Å²) in [6, 6.07) is 10.6. The second-order valence-corrected chi connectivity index (χ2v) is 5.85. The molecule has 0 saturated carbocycles. The summed E-state index contributed by atoms with van der Waals surface area (Å²) in [6.07, 6.45) is 6.12. The lowest BCUT2D eigenvalue weighted by atomic mass is 9.94. The highest BCUT2D eigenvalue weighted by atomic mass is 16.4. The Morgan fingerprint density at radius 3 is 2.80 bits per heavy atom. The zero-order chi connectivity index (χ0) is 14.2. The van der Waals surface area contributed by atoms with E-state index in [2.05, 4.69) is 35.2 Å². The molecular formula is C17H25NO2. The van der Waals surface area contributed by atoms with E-state index in [0.717, 1.165) is 38.9 Å². The van der Waals surface area contributed by atoms with Gasteiger partial charge in [0.1, 0.15) is 0 Å². The lowest BCUT2D eigenvalue weighted by molar-refractivity contribution is -0.138. The van der Waals surface area contributed by atoms with Crippen LogP contribution in [0, 0.1) is 5.92 Å². The second-order valence-electron chi connectivity index (χ2n) is 5.85. The summed E-state index contributed by atoms with van der Waals surface area (Å²) in [5.74, 6) is -0.295. The number of hydrogen-bond acceptors (Lipinski definition) is 2. The summed E-state index contributed by atoms with van der Waals surface area (Å²) < 4.78 is 0. The maximum absolute atomic E-state index is 10.8. The number of aliphatic carboxylic acids is 1. The Kier molecular flexibility index (Phi) is 6.06. The van der Waals surface area contributed by atoms with E-state index in [0.29, 0.717) is 12.3 Å². The Hall–Kier alpha value is -1.35. The summed E-state index contributed by atoms with van der Waals surface area (Å²) in [4.78, 5) is 13.2. The van der Waals surface area contributed by atoms with Crippen LogP contribution in [-0.2, 0) is 11.2 Å². The first-order valence-corrected chi connectivity index (χ1v) is 7.72. The van der Waals surface area contributed by atoms with Gasteiger partial charge >= 0.3 is 5.97 Å². The van der Waals surface area contributed by atoms with Crippen molar-refractivity contribution in [1.82, 2.24) is 4.90 Å². The maximum Gasteiger partial charge on any atom is 0.303 e. The van der Waals surface area contributed by atoms with Crippen LogP contribution in [0.1, 0.15) is 37.7 Å². The third-order valence-corrected chi connectivity index (χ3v) is 4.10. The average Bonchev–Trinajstić information content (AvgIpc) is 2.44. The Bertz CT molecular complexity index is 405. The Morgan fingerprint density at radius 2 is 2.05 bits per heavy atom. The number of benzene rings is 1. The van der Waals surface area contributed by atoms with E-state index in [4.69, 9.17) is 5.11 Å². The zero-order valence-corrected chi connectivity index (χ0v) is 12.1. The van der Waals surface area contributed by atoms with Gasteiger partial charge in [0.2, 0.25) is 0 Å². The lowest BCUT2D eigenvalue weighted by Crippen LogP contribution is -2.36. The van der Waals surface area contributed by atoms with Crippen molar-refractivity contribution < 1.29 is 9.90 Å². The van der Waals surface area contributed by atoms with Crippen molar-refractivity contribution in [2.24, 2.45) is 5.92 Å². The summed E-state index contributed by atoms with van der Waals surface area (Å²) in [5.41, 5.74) is 1.41. The highest BCUT2D eigenvalue weighted by Crippen LogP contribution is 2.20. The van der Waals surface area contributed by atoms with Crippen LogP contribution in [0.25, 0.3) is 0 Å². The van der Waals surface area contributed by atoms with Crippen LogP contribution < -0.4 is 0 Å². The smallest absolute Gasteiger partial charge is 0.303 e. The van der Waals surface area contributed by atoms with Crippen molar-refractivity contribution in [2.75, 3.05) is 19.6 Å². The van der Waals surface area contributed by atoms with Crippen LogP contribution >= 0.6 is 0 Å². The van der Waals surface area contributed by atoms with E-state index < -0.39 is 5.97 Å². The number of hydrogen-bond donors (Lipinski definition) is 1. The largest absolute Gasteiger partial charge is 0.481 e. The van der Waals surface area contributed by atoms with Gasteiger partial charge in [0.25, 0.3) is 0 Å². The fourth-order valence-electron chi connectivity index (χ4n) is 3.08. The van der Waals surface area contributed by atoms with Crippen LogP contribution in [0.4, 0.5) is 0 Å². The van der Waals surface area contributed by atoms with Gasteiger partial charge in [-0.2, -0.15) is 0 Å². The molecule has 0 spiro atoms. The number of piperidine rings is 1. The molecule has 1 aliphatic heterocycles. The maximum atomic E-state index is 10.8. The van der Waals surface area contributed by atoms with E-state index in [1.165, 1.54) is 18.4 Å². The van der Waals surface area contributed by atoms with E-state index in [1.807, 2.05) is 0 Å². The molecule has 1 saturated heterocycles. The SMILES string of the molecule is O=C(O)CC1CCCN(CCCCc2ccccc2)C1. The molecule has 2 rings (SSSR count). The first-order chi connectivity index (χ1) is 9.74. The number of carboxylic acids is 1. The number of unbranched alkanes of at least 4 members (excludes halogenated alkanes) is 1. The van der Waals surface area contributed by atoms with E-state index >= 15 is 0 Å². The van der Waals surface area contributed by atoms with Crippen molar-refractivity contribution in [1.29, 1.82) is 0 Å². The molecule has 1 atom stereocenters. The molecule has 1 N–H and O–H groups in total. The fourth-order valence-corrected chi connectivity index (χ4v) is 3.08. The zero-order valence-electron chi connectivity index (χ0n) is 12.1. The van der Waals surface area contributed by atoms with Crippen molar-refractivity contribution in [2.45, 2.75) is 38.5 Å². The minimum absolute atomic E-state index is 0.334. The van der Waals surface area contributed by atoms with Gasteiger partial charge in [-0.25, -0.2) is 0 Å². The quantitative estimate of drug-likeness (QED) is 0.777. The van der Waals surface area contributed by atoms with Gasteiger partial charge in [-0.05, 0) is 56.7 Å². The van der Waals surface area contributed by atoms with Crippen molar-refractivity contribution in [3.05, 3.63) is 35.9 Å². The van der Waals surface area contributed by atoms with E-state index in [9.17, 15) is 4.79 Å². The third-order valence-electron chi connectivity index (χ3n) is 4.10. The molecule has 3 nitrogen and oxygen atoms in total. The predicted octanol–water partition coefficient (Wildman–Crippen LogP) is 3.20. The van der Waals surface area contributed by atoms with Gasteiger partial charge in [0, 0.05) is 13.0 Å². The normalized spacial score (nSPS) is 19.9. The molecule has 0 aromatic heterocycles. The molecule has 0 amide bonds. The summed E-state index contributed by atoms with van der Waals surface area (Å²) >= 11 is 0. The van der Waals surface area contributed by atoms with Gasteiger partial charge in [-0.1, -0.05) is 30.3 Å². The molecule has 1 aromatic rings. The molecule has 0 radical (unpaired) electrons. The predicted molar refractivity (Wildman–Crippen MR) is 80.8 cm³/mol. The molecule has 20 heavy (non-hydrogen) atoms. The van der Waals surface area contributed by atoms with Gasteiger partial charge in [-0.15, -0.1) is 0 Å². The number of likely N-dealkylation sites (tertiary alicyclic amines) is 1. The Morgan fingerprint density at radius 1 is 1.25 bits per heavy atom. The van der Waals surface area contributed by atoms with Gasteiger partial charge in [0.15, 0.2) is 0 Å². The average molecular weight is 275 g/mol. The van der Waals surface area contributed by atoms with Gasteiger partial charge < -0.3 is 10.0 Å². The first-order valence-electron chi connectivity index (χ1n) is 7.72. The van der Waals surface area contributed by atoms with Crippen molar-refractivity contribution >= 4 is 5.97 Å². The number of carbonyl (C=O) groups is 1. The standard InChI is InChI=1S/C17H25NO2/c19-17(20)13-16-10-6-12-18(14-16)11-5-4-9-15-7-2-1-3-8-15/h1-3,7-8,16H,4-6,9-14H2,(H,19,20). The van der Waals surface area contributed by atoms with Crippen molar-refractivity contribution in [3.63, 3.8) is 0 Å². The minimum atomic E-state index is -0.652. The minimum Gasteiger partial charge on any atom is -0.481 e. The summed E-state index contributed by atoms with van der Waals surface area (Å²) in [6.45, 7) is 3.22. The monoisotopic (exact) mass is 275 g/mol. The van der Waals surface area contributed by atoms with Crippen LogP contribution in [0.5, 0.6) is 0 Å². The molecule has 0 aliphatic carbocycles. The van der Waals surface area contributed by atoms with Crippen molar-refractivity contribution in [3.8, 4) is 0 Å². The van der Waals surface area contributed by atoms with Crippen LogP contribution in [0.2, 0.25) is 0 Å². The highest BCUT2D eigenvalue weighted by molar-refractivity contribution is 5.67. The summed E-state index contributed by atoms with van der Waals surface area (Å²) in [7, 11) is 0. The molecule has 110 valence electrons. The number of aryl methyl sites for hydroxylation is 1. The van der Waals surface area contributed by atoms with Crippen LogP contribution in [0.15, 0.2) is 30.3 Å². The molecule has 1 aliphatic rings. The molecular weight excluding hydrogens is 250 g/mol. The lowest BCUT2D eigenvalue weighted by Gasteiger charge is -2.32. The molecule has 1 unspecified atom stereocenters. The van der Waals surface area contributed by atoms with E-state index in [1.54, 1.807) is 0 Å². The molecule has 1 fully saturated rings. The molecule has 0 bridgehead atoms. The van der Waals surface area contributed by atoms with Crippen LogP contribution in [0.3, 0.4) is 0 Å². The Labute approximate surface area is 121 Å².